The van der Waals surface area contributed by atoms with Gasteiger partial charge in [-0.25, -0.2) is 0 Å². The lowest BCUT2D eigenvalue weighted by Crippen LogP contribution is -2.39. The second-order valence-corrected chi connectivity index (χ2v) is 4.42. The van der Waals surface area contributed by atoms with E-state index in [-0.39, 0.29) is 0 Å². The van der Waals surface area contributed by atoms with Crippen molar-refractivity contribution in [1.82, 2.24) is 4.90 Å². The summed E-state index contributed by atoms with van der Waals surface area (Å²) in [5.41, 5.74) is 0.357. The third-order valence-electron chi connectivity index (χ3n) is 2.76. The van der Waals surface area contributed by atoms with Gasteiger partial charge in [-0.05, 0) is 40.3 Å². The predicted octanol–water partition coefficient (Wildman–Crippen LogP) is 2.76. The number of nitrogens with zero attached hydrogens (tertiary/aromatic N) is 1. The zero-order valence-corrected chi connectivity index (χ0v) is 8.94. The monoisotopic (exact) mass is 157 g/mol. The Morgan fingerprint density at radius 1 is 1.27 bits per heavy atom. The van der Waals surface area contributed by atoms with Crippen LogP contribution in [0, 0.1) is 5.92 Å². The Labute approximate surface area is 71.8 Å². The molecule has 0 bridgehead atoms. The van der Waals surface area contributed by atoms with Gasteiger partial charge in [-0.1, -0.05) is 20.3 Å². The molecule has 1 heteroatoms. The normalized spacial score (nSPS) is 15.5. The first kappa shape index (κ1) is 11.0. The van der Waals surface area contributed by atoms with E-state index in [2.05, 4.69) is 46.7 Å². The van der Waals surface area contributed by atoms with Crippen LogP contribution in [0.1, 0.15) is 40.5 Å². The van der Waals surface area contributed by atoms with Gasteiger partial charge in [-0.2, -0.15) is 0 Å². The molecule has 0 aromatic rings. The van der Waals surface area contributed by atoms with E-state index in [0.717, 1.165) is 5.92 Å². The Kier molecular flexibility index (Phi) is 4.09. The Morgan fingerprint density at radius 3 is 2.00 bits per heavy atom. The van der Waals surface area contributed by atoms with Crippen LogP contribution < -0.4 is 0 Å². The highest BCUT2D eigenvalue weighted by atomic mass is 15.1. The molecule has 0 aliphatic rings. The van der Waals surface area contributed by atoms with Gasteiger partial charge in [0.25, 0.3) is 0 Å². The standard InChI is InChI=1S/C10H23N/c1-7-9(2)8-10(3,4)11(5)6/h9H,7-8H2,1-6H3. The highest BCUT2D eigenvalue weighted by Crippen LogP contribution is 2.22. The third-order valence-corrected chi connectivity index (χ3v) is 2.76. The van der Waals surface area contributed by atoms with Crippen molar-refractivity contribution in [2.75, 3.05) is 14.1 Å². The molecule has 0 aromatic carbocycles. The highest BCUT2D eigenvalue weighted by molar-refractivity contribution is 4.78. The van der Waals surface area contributed by atoms with Gasteiger partial charge in [0.15, 0.2) is 0 Å². The van der Waals surface area contributed by atoms with Crippen molar-refractivity contribution in [1.29, 1.82) is 0 Å². The quantitative estimate of drug-likeness (QED) is 0.606. The minimum atomic E-state index is 0.357. The summed E-state index contributed by atoms with van der Waals surface area (Å²) in [5, 5.41) is 0. The van der Waals surface area contributed by atoms with Gasteiger partial charge in [-0.15, -0.1) is 0 Å². The van der Waals surface area contributed by atoms with E-state index in [1.165, 1.54) is 12.8 Å². The maximum atomic E-state index is 2.32. The summed E-state index contributed by atoms with van der Waals surface area (Å²) in [6.07, 6.45) is 2.58. The van der Waals surface area contributed by atoms with Crippen molar-refractivity contribution >= 4 is 0 Å². The molecule has 1 unspecified atom stereocenters. The smallest absolute Gasteiger partial charge is 0.0149 e. The summed E-state index contributed by atoms with van der Waals surface area (Å²) in [4.78, 5) is 2.30. The number of hydrogen-bond donors (Lipinski definition) is 0. The molecule has 1 atom stereocenters. The maximum Gasteiger partial charge on any atom is 0.0149 e. The number of rotatable bonds is 4. The first-order chi connectivity index (χ1) is 4.90. The van der Waals surface area contributed by atoms with Crippen molar-refractivity contribution in [3.8, 4) is 0 Å². The molecular weight excluding hydrogens is 134 g/mol. The fourth-order valence-electron chi connectivity index (χ4n) is 1.18. The zero-order chi connectivity index (χ0) is 9.07. The summed E-state index contributed by atoms with van der Waals surface area (Å²) in [6.45, 7) is 9.19. The van der Waals surface area contributed by atoms with Crippen molar-refractivity contribution in [3.63, 3.8) is 0 Å². The summed E-state index contributed by atoms with van der Waals surface area (Å²) < 4.78 is 0. The molecule has 0 rings (SSSR count). The van der Waals surface area contributed by atoms with Crippen LogP contribution in [-0.4, -0.2) is 24.5 Å². The van der Waals surface area contributed by atoms with E-state index in [9.17, 15) is 0 Å². The predicted molar refractivity (Wildman–Crippen MR) is 51.8 cm³/mol. The molecule has 0 saturated heterocycles. The molecular formula is C10H23N. The van der Waals surface area contributed by atoms with Gasteiger partial charge < -0.3 is 4.90 Å². The molecule has 0 aliphatic carbocycles. The fourth-order valence-corrected chi connectivity index (χ4v) is 1.18. The summed E-state index contributed by atoms with van der Waals surface area (Å²) in [7, 11) is 4.31. The van der Waals surface area contributed by atoms with Gasteiger partial charge >= 0.3 is 0 Å². The van der Waals surface area contributed by atoms with E-state index in [0.29, 0.717) is 5.54 Å². The van der Waals surface area contributed by atoms with E-state index >= 15 is 0 Å². The van der Waals surface area contributed by atoms with Crippen LogP contribution in [-0.2, 0) is 0 Å². The van der Waals surface area contributed by atoms with Gasteiger partial charge in [-0.3, -0.25) is 0 Å². The molecule has 0 radical (unpaired) electrons. The minimum Gasteiger partial charge on any atom is -0.304 e. The molecule has 68 valence electrons. The second kappa shape index (κ2) is 4.10. The van der Waals surface area contributed by atoms with E-state index < -0.39 is 0 Å². The van der Waals surface area contributed by atoms with Gasteiger partial charge in [0.2, 0.25) is 0 Å². The molecule has 0 N–H and O–H groups in total. The topological polar surface area (TPSA) is 3.24 Å². The summed E-state index contributed by atoms with van der Waals surface area (Å²) in [5.74, 6) is 0.840. The molecule has 0 aromatic heterocycles. The molecule has 0 spiro atoms. The Bertz CT molecular complexity index is 105. The molecule has 0 saturated carbocycles. The van der Waals surface area contributed by atoms with Crippen LogP contribution in [0.3, 0.4) is 0 Å². The van der Waals surface area contributed by atoms with Crippen molar-refractivity contribution in [3.05, 3.63) is 0 Å². The number of hydrogen-bond acceptors (Lipinski definition) is 1. The van der Waals surface area contributed by atoms with Crippen LogP contribution in [0.25, 0.3) is 0 Å². The lowest BCUT2D eigenvalue weighted by atomic mass is 9.89. The van der Waals surface area contributed by atoms with Crippen LogP contribution in [0.15, 0.2) is 0 Å². The van der Waals surface area contributed by atoms with Crippen LogP contribution in [0.5, 0.6) is 0 Å². The molecule has 0 fully saturated rings. The summed E-state index contributed by atoms with van der Waals surface area (Å²) in [6, 6.07) is 0. The first-order valence-corrected chi connectivity index (χ1v) is 4.57. The minimum absolute atomic E-state index is 0.357. The second-order valence-electron chi connectivity index (χ2n) is 4.42. The largest absolute Gasteiger partial charge is 0.304 e. The van der Waals surface area contributed by atoms with E-state index in [4.69, 9.17) is 0 Å². The molecule has 1 nitrogen and oxygen atoms in total. The van der Waals surface area contributed by atoms with Crippen LogP contribution >= 0.6 is 0 Å². The van der Waals surface area contributed by atoms with Gasteiger partial charge in [0.1, 0.15) is 0 Å². The first-order valence-electron chi connectivity index (χ1n) is 4.57. The lowest BCUT2D eigenvalue weighted by Gasteiger charge is -2.34. The summed E-state index contributed by atoms with van der Waals surface area (Å²) >= 11 is 0. The zero-order valence-electron chi connectivity index (χ0n) is 8.94. The fraction of sp³-hybridized carbons (Fsp3) is 1.00. The van der Waals surface area contributed by atoms with Crippen molar-refractivity contribution in [2.24, 2.45) is 5.92 Å². The average molecular weight is 157 g/mol. The van der Waals surface area contributed by atoms with E-state index in [1.807, 2.05) is 0 Å². The Hall–Kier alpha value is -0.0400. The van der Waals surface area contributed by atoms with Crippen LogP contribution in [0.4, 0.5) is 0 Å². The molecule has 0 amide bonds. The van der Waals surface area contributed by atoms with Gasteiger partial charge in [0, 0.05) is 5.54 Å². The van der Waals surface area contributed by atoms with Crippen molar-refractivity contribution < 1.29 is 0 Å². The third kappa shape index (κ3) is 3.76. The average Bonchev–Trinajstić information content (AvgIpc) is 1.86. The van der Waals surface area contributed by atoms with E-state index in [1.54, 1.807) is 0 Å². The maximum absolute atomic E-state index is 2.32. The Balaban J connectivity index is 3.90. The molecule has 11 heavy (non-hydrogen) atoms. The SMILES string of the molecule is CCC(C)CC(C)(C)N(C)C. The molecule has 0 heterocycles. The van der Waals surface area contributed by atoms with Crippen LogP contribution in [0.2, 0.25) is 0 Å². The molecule has 0 aliphatic heterocycles. The lowest BCUT2D eigenvalue weighted by molar-refractivity contribution is 0.157. The highest BCUT2D eigenvalue weighted by Gasteiger charge is 2.22. The Morgan fingerprint density at radius 2 is 1.73 bits per heavy atom. The van der Waals surface area contributed by atoms with Gasteiger partial charge in [0.05, 0.1) is 0 Å². The van der Waals surface area contributed by atoms with Crippen molar-refractivity contribution in [2.45, 2.75) is 46.1 Å².